The van der Waals surface area contributed by atoms with Gasteiger partial charge >= 0.3 is 0 Å². The van der Waals surface area contributed by atoms with Crippen LogP contribution in [0.15, 0.2) is 36.5 Å². The number of ether oxygens (including phenoxy) is 1. The highest BCUT2D eigenvalue weighted by molar-refractivity contribution is 5.94. The maximum absolute atomic E-state index is 14.6. The van der Waals surface area contributed by atoms with Gasteiger partial charge in [-0.25, -0.2) is 9.37 Å². The molecule has 34 heavy (non-hydrogen) atoms. The van der Waals surface area contributed by atoms with Crippen LogP contribution in [0.25, 0.3) is 11.1 Å². The first-order valence-electron chi connectivity index (χ1n) is 11.2. The fraction of sp³-hybridized carbons (Fsp3) is 0.440. The molecule has 0 radical (unpaired) electrons. The molecule has 8 nitrogen and oxygen atoms in total. The first-order chi connectivity index (χ1) is 16.2. The minimum Gasteiger partial charge on any atom is -0.486 e. The summed E-state index contributed by atoms with van der Waals surface area (Å²) >= 11 is 0. The van der Waals surface area contributed by atoms with E-state index in [1.807, 2.05) is 0 Å². The Kier molecular flexibility index (Phi) is 6.53. The van der Waals surface area contributed by atoms with E-state index < -0.39 is 24.8 Å². The monoisotopic (exact) mass is 466 g/mol. The van der Waals surface area contributed by atoms with Crippen molar-refractivity contribution in [3.8, 4) is 22.9 Å². The summed E-state index contributed by atoms with van der Waals surface area (Å²) in [5.74, 6) is 0.112. The maximum Gasteiger partial charge on any atom is 0.248 e. The second-order valence-corrected chi connectivity index (χ2v) is 9.45. The highest BCUT2D eigenvalue weighted by Gasteiger charge is 2.50. The molecule has 2 aromatic rings. The van der Waals surface area contributed by atoms with Gasteiger partial charge in [0.05, 0.1) is 12.1 Å². The lowest BCUT2D eigenvalue weighted by Gasteiger charge is -2.34. The number of nitriles is 1. The van der Waals surface area contributed by atoms with E-state index in [1.165, 1.54) is 4.90 Å². The number of aliphatic hydroxyl groups excluding tert-OH is 1. The number of amides is 2. The average Bonchev–Trinajstić information content (AvgIpc) is 3.48. The van der Waals surface area contributed by atoms with Gasteiger partial charge in [0.1, 0.15) is 30.3 Å². The third kappa shape index (κ3) is 5.02. The fourth-order valence-electron chi connectivity index (χ4n) is 4.21. The summed E-state index contributed by atoms with van der Waals surface area (Å²) in [4.78, 5) is 29.5. The lowest BCUT2D eigenvalue weighted by molar-refractivity contribution is -0.138. The predicted octanol–water partition coefficient (Wildman–Crippen LogP) is 2.91. The number of aromatic nitrogens is 1. The number of nitrogens with zero attached hydrogens (tertiary/aromatic N) is 3. The first kappa shape index (κ1) is 23.6. The van der Waals surface area contributed by atoms with E-state index in [4.69, 9.17) is 9.84 Å². The molecule has 0 spiro atoms. The summed E-state index contributed by atoms with van der Waals surface area (Å²) in [5, 5.41) is 21.5. The van der Waals surface area contributed by atoms with E-state index in [9.17, 15) is 19.2 Å². The number of likely N-dealkylation sites (tertiary alicyclic amines) is 1. The molecule has 1 aliphatic heterocycles. The van der Waals surface area contributed by atoms with Gasteiger partial charge in [-0.3, -0.25) is 9.59 Å². The van der Waals surface area contributed by atoms with Crippen LogP contribution in [0.5, 0.6) is 5.75 Å². The summed E-state index contributed by atoms with van der Waals surface area (Å²) in [7, 11) is 0. The molecule has 1 aromatic carbocycles. The van der Waals surface area contributed by atoms with Crippen LogP contribution in [-0.2, 0) is 9.59 Å². The number of carbonyl (C=O) groups is 2. The number of piperidine rings is 1. The van der Waals surface area contributed by atoms with Crippen molar-refractivity contribution in [2.75, 3.05) is 25.0 Å². The number of rotatable bonds is 6. The predicted molar refractivity (Wildman–Crippen MR) is 123 cm³/mol. The molecule has 2 N–H and O–H groups in total. The third-order valence-electron chi connectivity index (χ3n) is 6.52. The summed E-state index contributed by atoms with van der Waals surface area (Å²) in [6.07, 6.45) is 0.467. The quantitative estimate of drug-likeness (QED) is 0.676. The van der Waals surface area contributed by atoms with E-state index in [0.717, 1.165) is 17.5 Å². The Morgan fingerprint density at radius 3 is 2.71 bits per heavy atom. The number of pyridine rings is 1. The zero-order valence-corrected chi connectivity index (χ0v) is 19.1. The molecular weight excluding hydrogens is 439 g/mol. The van der Waals surface area contributed by atoms with Crippen LogP contribution >= 0.6 is 0 Å². The molecule has 2 amide bonds. The second kappa shape index (κ2) is 9.39. The summed E-state index contributed by atoms with van der Waals surface area (Å²) < 4.78 is 20.4. The van der Waals surface area contributed by atoms with Crippen LogP contribution in [0.2, 0.25) is 0 Å². The molecule has 4 rings (SSSR count). The van der Waals surface area contributed by atoms with E-state index >= 15 is 0 Å². The normalized spacial score (nSPS) is 23.0. The number of hydrogen-bond donors (Lipinski definition) is 2. The first-order valence-corrected chi connectivity index (χ1v) is 11.2. The maximum atomic E-state index is 14.6. The van der Waals surface area contributed by atoms with Gasteiger partial charge in [0.2, 0.25) is 11.8 Å². The Bertz CT molecular complexity index is 1150. The molecule has 2 heterocycles. The number of aliphatic hydroxyl groups is 1. The summed E-state index contributed by atoms with van der Waals surface area (Å²) in [5.41, 5.74) is 1.76. The standard InChI is InChI=1S/C25H27FN4O4/c1-25(2)11-18(25)24(33)29-22-10-16(5-7-28-22)15-3-4-20(17(9-15)12-27)34-21-6-8-30(13-19(21)26)23(32)14-31/h3-5,7,9-10,18-19,21,31H,6,8,11,13-14H2,1-2H3,(H,28,29,33)/t18-,19-,21+/m1/s1. The minimum absolute atomic E-state index is 0.0167. The molecule has 9 heteroatoms. The number of nitrogens with one attached hydrogen (secondary N) is 1. The van der Waals surface area contributed by atoms with E-state index in [-0.39, 0.29) is 48.1 Å². The Morgan fingerprint density at radius 1 is 1.32 bits per heavy atom. The van der Waals surface area contributed by atoms with Crippen molar-refractivity contribution in [3.05, 3.63) is 42.1 Å². The Balaban J connectivity index is 1.46. The van der Waals surface area contributed by atoms with E-state index in [0.29, 0.717) is 5.82 Å². The molecule has 0 bridgehead atoms. The zero-order chi connectivity index (χ0) is 24.5. The zero-order valence-electron chi connectivity index (χ0n) is 19.1. The molecule has 2 fully saturated rings. The molecule has 178 valence electrons. The van der Waals surface area contributed by atoms with Crippen LogP contribution in [0, 0.1) is 22.7 Å². The molecule has 0 unspecified atom stereocenters. The van der Waals surface area contributed by atoms with Crippen LogP contribution < -0.4 is 10.1 Å². The Morgan fingerprint density at radius 2 is 2.06 bits per heavy atom. The van der Waals surface area contributed by atoms with Crippen molar-refractivity contribution < 1.29 is 23.8 Å². The van der Waals surface area contributed by atoms with Crippen LogP contribution in [0.1, 0.15) is 32.3 Å². The van der Waals surface area contributed by atoms with Gasteiger partial charge in [0.25, 0.3) is 0 Å². The van der Waals surface area contributed by atoms with Gasteiger partial charge in [-0.1, -0.05) is 19.9 Å². The van der Waals surface area contributed by atoms with Crippen molar-refractivity contribution in [1.29, 1.82) is 5.26 Å². The second-order valence-electron chi connectivity index (χ2n) is 9.45. The Labute approximate surface area is 197 Å². The summed E-state index contributed by atoms with van der Waals surface area (Å²) in [6.45, 7) is 3.56. The van der Waals surface area contributed by atoms with Crippen molar-refractivity contribution >= 4 is 17.6 Å². The molecule has 3 atom stereocenters. The van der Waals surface area contributed by atoms with Gasteiger partial charge in [-0.15, -0.1) is 0 Å². The van der Waals surface area contributed by atoms with Crippen LogP contribution in [0.4, 0.5) is 10.2 Å². The Hall–Kier alpha value is -3.51. The number of carbonyl (C=O) groups excluding carboxylic acids is 2. The number of halogens is 1. The number of anilines is 1. The number of alkyl halides is 1. The van der Waals surface area contributed by atoms with Crippen LogP contribution in [-0.4, -0.2) is 58.8 Å². The molecule has 1 aromatic heterocycles. The smallest absolute Gasteiger partial charge is 0.248 e. The SMILES string of the molecule is CC1(C)C[C@@H]1C(=O)Nc1cc(-c2ccc(O[C@H]3CCN(C(=O)CO)C[C@H]3F)c(C#N)c2)ccn1. The topological polar surface area (TPSA) is 116 Å². The van der Waals surface area contributed by atoms with Crippen molar-refractivity contribution in [2.45, 2.75) is 39.0 Å². The lowest BCUT2D eigenvalue weighted by Crippen LogP contribution is -2.50. The van der Waals surface area contributed by atoms with Gasteiger partial charge in [-0.2, -0.15) is 5.26 Å². The highest BCUT2D eigenvalue weighted by Crippen LogP contribution is 2.52. The van der Waals surface area contributed by atoms with Gasteiger partial charge in [-0.05, 0) is 47.2 Å². The highest BCUT2D eigenvalue weighted by atomic mass is 19.1. The largest absolute Gasteiger partial charge is 0.486 e. The fourth-order valence-corrected chi connectivity index (χ4v) is 4.21. The van der Waals surface area contributed by atoms with Crippen molar-refractivity contribution in [3.63, 3.8) is 0 Å². The molecule has 1 saturated heterocycles. The van der Waals surface area contributed by atoms with Crippen molar-refractivity contribution in [2.24, 2.45) is 11.3 Å². The molecule has 1 saturated carbocycles. The minimum atomic E-state index is -1.43. The number of benzene rings is 1. The molecule has 1 aliphatic carbocycles. The van der Waals surface area contributed by atoms with Crippen LogP contribution in [0.3, 0.4) is 0 Å². The van der Waals surface area contributed by atoms with Gasteiger partial charge < -0.3 is 20.1 Å². The van der Waals surface area contributed by atoms with Crippen molar-refractivity contribution in [1.82, 2.24) is 9.88 Å². The summed E-state index contributed by atoms with van der Waals surface area (Å²) in [6, 6.07) is 10.7. The third-order valence-corrected chi connectivity index (χ3v) is 6.52. The lowest BCUT2D eigenvalue weighted by atomic mass is 10.0. The average molecular weight is 467 g/mol. The van der Waals surface area contributed by atoms with Gasteiger partial charge in [0.15, 0.2) is 6.17 Å². The van der Waals surface area contributed by atoms with E-state index in [1.54, 1.807) is 36.5 Å². The number of hydrogen-bond acceptors (Lipinski definition) is 6. The molecule has 2 aliphatic rings. The van der Waals surface area contributed by atoms with E-state index in [2.05, 4.69) is 30.2 Å². The molecular formula is C25H27FN4O4. The van der Waals surface area contributed by atoms with Gasteiger partial charge in [0, 0.05) is 25.1 Å².